The molecule has 3 aromatic rings. The molecule has 4 rings (SSSR count). The number of primary sulfonamides is 1. The number of fused-ring (bicyclic) bond motifs is 1. The Hall–Kier alpha value is -2.75. The molecule has 1 amide bonds. The molecule has 10 heteroatoms. The lowest BCUT2D eigenvalue weighted by atomic mass is 9.99. The zero-order valence-corrected chi connectivity index (χ0v) is 20.2. The molecule has 2 aromatic carbocycles. The summed E-state index contributed by atoms with van der Waals surface area (Å²) in [7, 11) is -3.59. The third-order valence-corrected chi connectivity index (χ3v) is 7.14. The number of halogens is 2. The number of nitrogens with two attached hydrogens (primary N) is 1. The second-order valence-corrected chi connectivity index (χ2v) is 10.6. The van der Waals surface area contributed by atoms with Crippen molar-refractivity contribution in [1.29, 1.82) is 0 Å². The van der Waals surface area contributed by atoms with Gasteiger partial charge in [0.2, 0.25) is 10.0 Å². The van der Waals surface area contributed by atoms with Crippen molar-refractivity contribution >= 4 is 38.4 Å². The number of amides is 1. The SMILES string of the molecule is CC(Oc1ccc2c(-c3ccc(F)cc3Cl)ccnc2c1)C(=O)N1CCCC(CS(N)(=O)=O)C1. The predicted molar refractivity (Wildman–Crippen MR) is 130 cm³/mol. The van der Waals surface area contributed by atoms with E-state index in [-0.39, 0.29) is 17.6 Å². The highest BCUT2D eigenvalue weighted by Crippen LogP contribution is 2.34. The van der Waals surface area contributed by atoms with Gasteiger partial charge in [-0.05, 0) is 67.6 Å². The minimum atomic E-state index is -3.59. The minimum Gasteiger partial charge on any atom is -0.481 e. The molecule has 0 aliphatic carbocycles. The monoisotopic (exact) mass is 505 g/mol. The maximum Gasteiger partial charge on any atom is 0.263 e. The van der Waals surface area contributed by atoms with Crippen molar-refractivity contribution in [2.75, 3.05) is 18.8 Å². The molecule has 1 saturated heterocycles. The highest BCUT2D eigenvalue weighted by atomic mass is 35.5. The molecule has 1 fully saturated rings. The molecule has 2 heterocycles. The van der Waals surface area contributed by atoms with E-state index in [0.717, 1.165) is 10.9 Å². The number of benzene rings is 2. The Labute approximate surface area is 202 Å². The van der Waals surface area contributed by atoms with E-state index in [0.29, 0.717) is 47.8 Å². The van der Waals surface area contributed by atoms with Gasteiger partial charge in [0, 0.05) is 36.3 Å². The Balaban J connectivity index is 1.50. The standard InChI is InChI=1S/C24H25ClFN3O4S/c1-15(24(30)29-10-2-3-16(13-29)14-34(27,31)32)33-18-5-7-21-19(8-9-28-23(21)12-18)20-6-4-17(26)11-22(20)25/h4-9,11-12,15-16H,2-3,10,13-14H2,1H3,(H2,27,31,32). The van der Waals surface area contributed by atoms with Crippen LogP contribution in [0.15, 0.2) is 48.7 Å². The molecule has 2 unspecified atom stereocenters. The molecule has 1 aliphatic rings. The van der Waals surface area contributed by atoms with E-state index in [9.17, 15) is 17.6 Å². The van der Waals surface area contributed by atoms with Crippen LogP contribution in [0.4, 0.5) is 4.39 Å². The number of carbonyl (C=O) groups excluding carboxylic acids is 1. The van der Waals surface area contributed by atoms with Gasteiger partial charge in [-0.1, -0.05) is 11.6 Å². The molecule has 0 radical (unpaired) electrons. The van der Waals surface area contributed by atoms with Crippen LogP contribution in [0, 0.1) is 11.7 Å². The van der Waals surface area contributed by atoms with Gasteiger partial charge in [-0.2, -0.15) is 0 Å². The average Bonchev–Trinajstić information content (AvgIpc) is 2.77. The van der Waals surface area contributed by atoms with Crippen LogP contribution < -0.4 is 9.88 Å². The van der Waals surface area contributed by atoms with E-state index in [1.807, 2.05) is 12.1 Å². The average molecular weight is 506 g/mol. The van der Waals surface area contributed by atoms with E-state index >= 15 is 0 Å². The van der Waals surface area contributed by atoms with Crippen LogP contribution in [0.1, 0.15) is 19.8 Å². The Morgan fingerprint density at radius 3 is 2.79 bits per heavy atom. The summed E-state index contributed by atoms with van der Waals surface area (Å²) >= 11 is 6.25. The summed E-state index contributed by atoms with van der Waals surface area (Å²) < 4.78 is 42.2. The largest absolute Gasteiger partial charge is 0.481 e. The molecule has 7 nitrogen and oxygen atoms in total. The lowest BCUT2D eigenvalue weighted by Crippen LogP contribution is -2.47. The maximum atomic E-state index is 13.5. The topological polar surface area (TPSA) is 103 Å². The van der Waals surface area contributed by atoms with Crippen molar-refractivity contribution in [3.63, 3.8) is 0 Å². The molecular formula is C24H25ClFN3O4S. The summed E-state index contributed by atoms with van der Waals surface area (Å²) in [5.74, 6) is -0.462. The Morgan fingerprint density at radius 1 is 1.26 bits per heavy atom. The van der Waals surface area contributed by atoms with Gasteiger partial charge in [0.15, 0.2) is 6.10 Å². The zero-order chi connectivity index (χ0) is 24.5. The molecule has 2 N–H and O–H groups in total. The summed E-state index contributed by atoms with van der Waals surface area (Å²) in [4.78, 5) is 19.0. The van der Waals surface area contributed by atoms with Gasteiger partial charge in [0.25, 0.3) is 5.91 Å². The summed E-state index contributed by atoms with van der Waals surface area (Å²) in [6.45, 7) is 2.55. The van der Waals surface area contributed by atoms with Gasteiger partial charge < -0.3 is 9.64 Å². The Bertz CT molecular complexity index is 1340. The van der Waals surface area contributed by atoms with Crippen LogP contribution >= 0.6 is 11.6 Å². The van der Waals surface area contributed by atoms with Crippen molar-refractivity contribution in [2.24, 2.45) is 11.1 Å². The second kappa shape index (κ2) is 9.85. The number of pyridine rings is 1. The lowest BCUT2D eigenvalue weighted by Gasteiger charge is -2.33. The smallest absolute Gasteiger partial charge is 0.263 e. The molecule has 2 atom stereocenters. The maximum absolute atomic E-state index is 13.5. The van der Waals surface area contributed by atoms with Gasteiger partial charge in [0.1, 0.15) is 11.6 Å². The van der Waals surface area contributed by atoms with E-state index in [2.05, 4.69) is 4.98 Å². The van der Waals surface area contributed by atoms with Gasteiger partial charge >= 0.3 is 0 Å². The van der Waals surface area contributed by atoms with Crippen LogP contribution in [0.5, 0.6) is 5.75 Å². The number of hydrogen-bond acceptors (Lipinski definition) is 5. The second-order valence-electron chi connectivity index (χ2n) is 8.54. The van der Waals surface area contributed by atoms with Crippen molar-refractivity contribution in [3.05, 3.63) is 59.5 Å². The van der Waals surface area contributed by atoms with Crippen molar-refractivity contribution in [1.82, 2.24) is 9.88 Å². The molecule has 34 heavy (non-hydrogen) atoms. The first-order chi connectivity index (χ1) is 16.1. The quantitative estimate of drug-likeness (QED) is 0.545. The number of carbonyl (C=O) groups is 1. The number of hydrogen-bond donors (Lipinski definition) is 1. The molecule has 1 aliphatic heterocycles. The fraction of sp³-hybridized carbons (Fsp3) is 0.333. The molecular weight excluding hydrogens is 481 g/mol. The first-order valence-electron chi connectivity index (χ1n) is 10.9. The lowest BCUT2D eigenvalue weighted by molar-refractivity contribution is -0.139. The van der Waals surface area contributed by atoms with Crippen LogP contribution in [0.25, 0.3) is 22.0 Å². The van der Waals surface area contributed by atoms with E-state index in [1.165, 1.54) is 12.1 Å². The third-order valence-electron chi connectivity index (χ3n) is 5.89. The fourth-order valence-electron chi connectivity index (χ4n) is 4.39. The van der Waals surface area contributed by atoms with E-state index < -0.39 is 21.9 Å². The molecule has 0 spiro atoms. The van der Waals surface area contributed by atoms with Crippen LogP contribution in [0.3, 0.4) is 0 Å². The summed E-state index contributed by atoms with van der Waals surface area (Å²) in [6.07, 6.45) is 2.30. The van der Waals surface area contributed by atoms with Crippen molar-refractivity contribution in [3.8, 4) is 16.9 Å². The van der Waals surface area contributed by atoms with Gasteiger partial charge in [0.05, 0.1) is 16.3 Å². The Kier molecular flexibility index (Phi) is 7.06. The number of ether oxygens (including phenoxy) is 1. The number of piperidine rings is 1. The van der Waals surface area contributed by atoms with Crippen LogP contribution in [0.2, 0.25) is 5.02 Å². The highest BCUT2D eigenvalue weighted by molar-refractivity contribution is 7.89. The van der Waals surface area contributed by atoms with Crippen molar-refractivity contribution < 1.29 is 22.3 Å². The third kappa shape index (κ3) is 5.65. The van der Waals surface area contributed by atoms with Crippen molar-refractivity contribution in [2.45, 2.75) is 25.9 Å². The number of likely N-dealkylation sites (tertiary alicyclic amines) is 1. The molecule has 180 valence electrons. The number of rotatable bonds is 6. The summed E-state index contributed by atoms with van der Waals surface area (Å²) in [5, 5.41) is 6.28. The van der Waals surface area contributed by atoms with E-state index in [1.54, 1.807) is 36.2 Å². The first kappa shape index (κ1) is 24.4. The summed E-state index contributed by atoms with van der Waals surface area (Å²) in [5.41, 5.74) is 2.13. The zero-order valence-electron chi connectivity index (χ0n) is 18.6. The number of nitrogens with zero attached hydrogens (tertiary/aromatic N) is 2. The minimum absolute atomic E-state index is 0.136. The summed E-state index contributed by atoms with van der Waals surface area (Å²) in [6, 6.07) is 11.4. The molecule has 0 saturated carbocycles. The number of sulfonamides is 1. The Morgan fingerprint density at radius 2 is 2.06 bits per heavy atom. The van der Waals surface area contributed by atoms with Gasteiger partial charge in [-0.25, -0.2) is 17.9 Å². The van der Waals surface area contributed by atoms with Crippen LogP contribution in [-0.4, -0.2) is 49.2 Å². The fourth-order valence-corrected chi connectivity index (χ4v) is 5.58. The first-order valence-corrected chi connectivity index (χ1v) is 13.0. The highest BCUT2D eigenvalue weighted by Gasteiger charge is 2.29. The normalized spacial score (nSPS) is 17.5. The molecule has 1 aromatic heterocycles. The van der Waals surface area contributed by atoms with Gasteiger partial charge in [-0.3, -0.25) is 9.78 Å². The number of aromatic nitrogens is 1. The van der Waals surface area contributed by atoms with E-state index in [4.69, 9.17) is 21.5 Å². The predicted octanol–water partition coefficient (Wildman–Crippen LogP) is 3.99. The molecule has 0 bridgehead atoms. The van der Waals surface area contributed by atoms with Crippen LogP contribution in [-0.2, 0) is 14.8 Å². The van der Waals surface area contributed by atoms with Gasteiger partial charge in [-0.15, -0.1) is 0 Å².